The predicted octanol–water partition coefficient (Wildman–Crippen LogP) is 3.57. The average molecular weight is 387 g/mol. The Balaban J connectivity index is 2.05. The van der Waals surface area contributed by atoms with E-state index in [0.29, 0.717) is 0 Å². The van der Waals surface area contributed by atoms with E-state index >= 15 is 0 Å². The lowest BCUT2D eigenvalue weighted by Gasteiger charge is -2.13. The highest BCUT2D eigenvalue weighted by Gasteiger charge is 2.19. The summed E-state index contributed by atoms with van der Waals surface area (Å²) in [6.45, 7) is 5.25. The molecule has 6 heteroatoms. The zero-order chi connectivity index (χ0) is 21.1. The van der Waals surface area contributed by atoms with E-state index in [1.807, 2.05) is 50.2 Å². The summed E-state index contributed by atoms with van der Waals surface area (Å²) in [6.07, 6.45) is 0.363. The van der Waals surface area contributed by atoms with Crippen molar-refractivity contribution >= 4 is 28.7 Å². The van der Waals surface area contributed by atoms with E-state index < -0.39 is 18.0 Å². The molecule has 29 heavy (non-hydrogen) atoms. The third-order valence-electron chi connectivity index (χ3n) is 4.80. The van der Waals surface area contributed by atoms with E-state index in [1.165, 1.54) is 13.0 Å². The van der Waals surface area contributed by atoms with Crippen LogP contribution < -0.4 is 5.73 Å². The summed E-state index contributed by atoms with van der Waals surface area (Å²) in [5.74, 6) is -1.65. The summed E-state index contributed by atoms with van der Waals surface area (Å²) >= 11 is 0. The summed E-state index contributed by atoms with van der Waals surface area (Å²) in [4.78, 5) is 23.3. The fraction of sp³-hybridized carbons (Fsp3) is 0.174. The van der Waals surface area contributed by atoms with Gasteiger partial charge in [0.2, 0.25) is 0 Å². The number of aromatic nitrogens is 1. The Morgan fingerprint density at radius 3 is 2.55 bits per heavy atom. The van der Waals surface area contributed by atoms with Crippen LogP contribution in [-0.2, 0) is 14.3 Å². The van der Waals surface area contributed by atoms with Crippen molar-refractivity contribution in [1.82, 2.24) is 4.57 Å². The molecule has 3 rings (SSSR count). The van der Waals surface area contributed by atoms with Crippen molar-refractivity contribution in [1.29, 1.82) is 5.26 Å². The molecule has 2 N–H and O–H groups in total. The van der Waals surface area contributed by atoms with Crippen LogP contribution in [0.5, 0.6) is 0 Å². The van der Waals surface area contributed by atoms with Gasteiger partial charge in [0.05, 0.1) is 5.69 Å². The molecular weight excluding hydrogens is 366 g/mol. The third kappa shape index (κ3) is 3.90. The number of esters is 1. The zero-order valence-electron chi connectivity index (χ0n) is 16.5. The molecule has 0 bridgehead atoms. The van der Waals surface area contributed by atoms with E-state index in [0.717, 1.165) is 33.4 Å². The van der Waals surface area contributed by atoms with Gasteiger partial charge in [0.15, 0.2) is 6.10 Å². The van der Waals surface area contributed by atoms with Crippen molar-refractivity contribution in [3.05, 3.63) is 71.1 Å². The lowest BCUT2D eigenvalue weighted by molar-refractivity contribution is -0.149. The SMILES string of the molecule is Cc1cc(/C=C(\C#N)C(=O)OC(C)C(N)=O)c(C)n1-c1cccc2ccccc12. The molecule has 1 atom stereocenters. The van der Waals surface area contributed by atoms with Crippen LogP contribution in [0, 0.1) is 25.2 Å². The van der Waals surface area contributed by atoms with Gasteiger partial charge in [-0.15, -0.1) is 0 Å². The van der Waals surface area contributed by atoms with Crippen LogP contribution in [0.4, 0.5) is 0 Å². The minimum absolute atomic E-state index is 0.198. The lowest BCUT2D eigenvalue weighted by Crippen LogP contribution is -2.30. The van der Waals surface area contributed by atoms with Gasteiger partial charge in [0.25, 0.3) is 5.91 Å². The van der Waals surface area contributed by atoms with Crippen molar-refractivity contribution in [2.45, 2.75) is 26.9 Å². The number of primary amides is 1. The van der Waals surface area contributed by atoms with Gasteiger partial charge < -0.3 is 15.0 Å². The lowest BCUT2D eigenvalue weighted by atomic mass is 10.1. The smallest absolute Gasteiger partial charge is 0.349 e. The van der Waals surface area contributed by atoms with Crippen molar-refractivity contribution in [2.75, 3.05) is 0 Å². The van der Waals surface area contributed by atoms with Crippen LogP contribution in [0.15, 0.2) is 54.1 Å². The molecule has 1 unspecified atom stereocenters. The van der Waals surface area contributed by atoms with Gasteiger partial charge in [-0.2, -0.15) is 5.26 Å². The standard InChI is InChI=1S/C23H21N3O3/c1-14-11-18(12-19(13-24)23(28)29-16(3)22(25)27)15(2)26(14)21-10-6-8-17-7-4-5-9-20(17)21/h4-12,16H,1-3H3,(H2,25,27)/b19-12+. The van der Waals surface area contributed by atoms with Gasteiger partial charge in [0, 0.05) is 16.8 Å². The highest BCUT2D eigenvalue weighted by atomic mass is 16.5. The fourth-order valence-electron chi connectivity index (χ4n) is 3.28. The third-order valence-corrected chi connectivity index (χ3v) is 4.80. The molecule has 0 aliphatic heterocycles. The first-order chi connectivity index (χ1) is 13.8. The van der Waals surface area contributed by atoms with Gasteiger partial charge in [-0.3, -0.25) is 4.79 Å². The number of carbonyl (C=O) groups excluding carboxylic acids is 2. The van der Waals surface area contributed by atoms with E-state index in [1.54, 1.807) is 0 Å². The molecule has 2 aromatic carbocycles. The number of rotatable bonds is 5. The van der Waals surface area contributed by atoms with Gasteiger partial charge in [0.1, 0.15) is 11.6 Å². The maximum absolute atomic E-state index is 12.2. The van der Waals surface area contributed by atoms with Gasteiger partial charge >= 0.3 is 5.97 Å². The van der Waals surface area contributed by atoms with Crippen LogP contribution >= 0.6 is 0 Å². The van der Waals surface area contributed by atoms with Gasteiger partial charge in [-0.1, -0.05) is 36.4 Å². The molecule has 0 saturated carbocycles. The Bertz CT molecular complexity index is 1180. The summed E-state index contributed by atoms with van der Waals surface area (Å²) < 4.78 is 7.03. The first-order valence-corrected chi connectivity index (χ1v) is 9.12. The van der Waals surface area contributed by atoms with Gasteiger partial charge in [-0.25, -0.2) is 4.79 Å². The Morgan fingerprint density at radius 2 is 1.86 bits per heavy atom. The van der Waals surface area contributed by atoms with Crippen molar-refractivity contribution in [3.8, 4) is 11.8 Å². The molecule has 3 aromatic rings. The highest BCUT2D eigenvalue weighted by Crippen LogP contribution is 2.28. The second kappa shape index (κ2) is 8.03. The number of hydrogen-bond acceptors (Lipinski definition) is 4. The second-order valence-corrected chi connectivity index (χ2v) is 6.78. The summed E-state index contributed by atoms with van der Waals surface area (Å²) in [5.41, 5.74) is 8.49. The van der Waals surface area contributed by atoms with Crippen molar-refractivity contribution in [2.24, 2.45) is 5.73 Å². The summed E-state index contributed by atoms with van der Waals surface area (Å²) in [6, 6.07) is 17.9. The quantitative estimate of drug-likeness (QED) is 0.411. The molecule has 0 saturated heterocycles. The number of aryl methyl sites for hydroxylation is 1. The first-order valence-electron chi connectivity index (χ1n) is 9.12. The number of nitrogens with two attached hydrogens (primary N) is 1. The number of benzene rings is 2. The van der Waals surface area contributed by atoms with Gasteiger partial charge in [-0.05, 0) is 49.9 Å². The molecule has 0 aliphatic rings. The first kappa shape index (κ1) is 19.9. The van der Waals surface area contributed by atoms with E-state index in [-0.39, 0.29) is 5.57 Å². The summed E-state index contributed by atoms with van der Waals surface area (Å²) in [5, 5.41) is 11.6. The molecule has 1 heterocycles. The summed E-state index contributed by atoms with van der Waals surface area (Å²) in [7, 11) is 0. The maximum Gasteiger partial charge on any atom is 0.349 e. The molecule has 146 valence electrons. The number of amides is 1. The highest BCUT2D eigenvalue weighted by molar-refractivity contribution is 5.99. The number of fused-ring (bicyclic) bond motifs is 1. The molecule has 1 aromatic heterocycles. The molecule has 0 fully saturated rings. The van der Waals surface area contributed by atoms with Crippen LogP contribution in [0.2, 0.25) is 0 Å². The van der Waals surface area contributed by atoms with E-state index in [2.05, 4.69) is 22.8 Å². The maximum atomic E-state index is 12.2. The Hall–Kier alpha value is -3.85. The Kier molecular flexibility index (Phi) is 5.51. The topological polar surface area (TPSA) is 98.1 Å². The second-order valence-electron chi connectivity index (χ2n) is 6.78. The minimum atomic E-state index is -1.11. The van der Waals surface area contributed by atoms with Crippen LogP contribution in [0.1, 0.15) is 23.9 Å². The van der Waals surface area contributed by atoms with Crippen LogP contribution in [0.25, 0.3) is 22.5 Å². The number of nitrogens with zero attached hydrogens (tertiary/aromatic N) is 2. The molecule has 0 aliphatic carbocycles. The predicted molar refractivity (Wildman–Crippen MR) is 111 cm³/mol. The minimum Gasteiger partial charge on any atom is -0.448 e. The normalized spacial score (nSPS) is 12.4. The monoisotopic (exact) mass is 387 g/mol. The van der Waals surface area contributed by atoms with Crippen LogP contribution in [0.3, 0.4) is 0 Å². The van der Waals surface area contributed by atoms with Crippen molar-refractivity contribution in [3.63, 3.8) is 0 Å². The van der Waals surface area contributed by atoms with Crippen molar-refractivity contribution < 1.29 is 14.3 Å². The average Bonchev–Trinajstić information content (AvgIpc) is 2.98. The Morgan fingerprint density at radius 1 is 1.17 bits per heavy atom. The number of hydrogen-bond donors (Lipinski definition) is 1. The molecular formula is C23H21N3O3. The van der Waals surface area contributed by atoms with Crippen LogP contribution in [-0.4, -0.2) is 22.5 Å². The molecule has 0 spiro atoms. The number of carbonyl (C=O) groups is 2. The fourth-order valence-corrected chi connectivity index (χ4v) is 3.28. The zero-order valence-corrected chi connectivity index (χ0v) is 16.5. The van der Waals surface area contributed by atoms with E-state index in [4.69, 9.17) is 10.5 Å². The van der Waals surface area contributed by atoms with E-state index in [9.17, 15) is 14.9 Å². The Labute approximate surface area is 168 Å². The number of ether oxygens (including phenoxy) is 1. The molecule has 6 nitrogen and oxygen atoms in total. The number of nitriles is 1. The largest absolute Gasteiger partial charge is 0.448 e. The molecule has 0 radical (unpaired) electrons. The molecule has 1 amide bonds.